The molecule has 1 aliphatic carbocycles. The Labute approximate surface area is 106 Å². The van der Waals surface area contributed by atoms with Crippen LogP contribution in [0.3, 0.4) is 0 Å². The van der Waals surface area contributed by atoms with E-state index in [0.717, 1.165) is 6.42 Å². The third-order valence-corrected chi connectivity index (χ3v) is 5.22. The molecule has 0 spiro atoms. The summed E-state index contributed by atoms with van der Waals surface area (Å²) in [5, 5.41) is 0. The molecule has 0 amide bonds. The van der Waals surface area contributed by atoms with E-state index in [1.165, 1.54) is 15.3 Å². The molecular weight excluding hydrogens is 226 g/mol. The molecule has 2 N–H and O–H groups in total. The molecule has 17 heavy (non-hydrogen) atoms. The van der Waals surface area contributed by atoms with Gasteiger partial charge in [-0.05, 0) is 29.5 Å². The van der Waals surface area contributed by atoms with Gasteiger partial charge in [0.15, 0.2) is 0 Å². The second-order valence-corrected chi connectivity index (χ2v) is 6.65. The van der Waals surface area contributed by atoms with Gasteiger partial charge < -0.3 is 5.73 Å². The molecule has 1 atom stereocenters. The molecule has 1 heterocycles. The fourth-order valence-electron chi connectivity index (χ4n) is 2.41. The molecule has 1 aromatic carbocycles. The van der Waals surface area contributed by atoms with Crippen LogP contribution in [0.25, 0.3) is 10.4 Å². The lowest BCUT2D eigenvalue weighted by Crippen LogP contribution is -2.23. The number of rotatable bonds is 2. The average Bonchev–Trinajstić information content (AvgIpc) is 2.72. The molecule has 2 heteroatoms. The average molecular weight is 243 g/mol. The van der Waals surface area contributed by atoms with Crippen molar-refractivity contribution in [1.82, 2.24) is 0 Å². The van der Waals surface area contributed by atoms with E-state index in [1.807, 2.05) is 17.4 Å². The Morgan fingerprint density at radius 2 is 1.71 bits per heavy atom. The molecule has 2 aromatic rings. The van der Waals surface area contributed by atoms with Gasteiger partial charge in [0.05, 0.1) is 5.54 Å². The number of benzene rings is 1. The standard InChI is InChI=1S/C15H17NS/c1-14(2)10-15(14,16)13-9-8-12(17-13)11-6-4-3-5-7-11/h3-9H,10,16H2,1-2H3. The number of thiophene rings is 1. The van der Waals surface area contributed by atoms with Crippen molar-refractivity contribution in [2.75, 3.05) is 0 Å². The Balaban J connectivity index is 1.95. The van der Waals surface area contributed by atoms with Crippen LogP contribution in [0.1, 0.15) is 25.1 Å². The lowest BCUT2D eigenvalue weighted by molar-refractivity contribution is 0.516. The number of hydrogen-bond acceptors (Lipinski definition) is 2. The maximum absolute atomic E-state index is 6.45. The molecule has 1 fully saturated rings. The molecule has 1 aliphatic rings. The third kappa shape index (κ3) is 1.63. The van der Waals surface area contributed by atoms with E-state index in [9.17, 15) is 0 Å². The minimum absolute atomic E-state index is 0.0926. The first kappa shape index (κ1) is 11.0. The minimum Gasteiger partial charge on any atom is -0.320 e. The summed E-state index contributed by atoms with van der Waals surface area (Å²) in [5.74, 6) is 0. The molecule has 0 bridgehead atoms. The Kier molecular flexibility index (Phi) is 2.22. The minimum atomic E-state index is -0.0926. The topological polar surface area (TPSA) is 26.0 Å². The summed E-state index contributed by atoms with van der Waals surface area (Å²) >= 11 is 1.83. The first-order chi connectivity index (χ1) is 8.03. The zero-order valence-electron chi connectivity index (χ0n) is 10.2. The van der Waals surface area contributed by atoms with Gasteiger partial charge in [-0.3, -0.25) is 0 Å². The smallest absolute Gasteiger partial charge is 0.0562 e. The molecular formula is C15H17NS. The summed E-state index contributed by atoms with van der Waals surface area (Å²) in [4.78, 5) is 2.63. The lowest BCUT2D eigenvalue weighted by Gasteiger charge is -2.12. The molecule has 0 radical (unpaired) electrons. The van der Waals surface area contributed by atoms with Gasteiger partial charge in [-0.1, -0.05) is 44.2 Å². The van der Waals surface area contributed by atoms with Crippen LogP contribution in [0.5, 0.6) is 0 Å². The van der Waals surface area contributed by atoms with Gasteiger partial charge in [-0.25, -0.2) is 0 Å². The molecule has 0 aliphatic heterocycles. The molecule has 0 saturated heterocycles. The van der Waals surface area contributed by atoms with Crippen LogP contribution in [0.15, 0.2) is 42.5 Å². The fraction of sp³-hybridized carbons (Fsp3) is 0.333. The van der Waals surface area contributed by atoms with Crippen LogP contribution in [0.2, 0.25) is 0 Å². The highest BCUT2D eigenvalue weighted by Gasteiger charge is 2.60. The van der Waals surface area contributed by atoms with Crippen molar-refractivity contribution >= 4 is 11.3 Å². The largest absolute Gasteiger partial charge is 0.320 e. The van der Waals surface area contributed by atoms with E-state index >= 15 is 0 Å². The van der Waals surface area contributed by atoms with Crippen LogP contribution in [-0.2, 0) is 5.54 Å². The summed E-state index contributed by atoms with van der Waals surface area (Å²) in [7, 11) is 0. The van der Waals surface area contributed by atoms with Crippen LogP contribution >= 0.6 is 11.3 Å². The van der Waals surface area contributed by atoms with E-state index in [1.54, 1.807) is 0 Å². The molecule has 3 rings (SSSR count). The Bertz CT molecular complexity index is 541. The highest BCUT2D eigenvalue weighted by atomic mass is 32.1. The molecule has 1 nitrogen and oxygen atoms in total. The monoisotopic (exact) mass is 243 g/mol. The number of hydrogen-bond donors (Lipinski definition) is 1. The second kappa shape index (κ2) is 3.44. The predicted octanol–water partition coefficient (Wildman–Crippen LogP) is 4.00. The summed E-state index contributed by atoms with van der Waals surface area (Å²) in [6.07, 6.45) is 1.09. The Morgan fingerprint density at radius 1 is 1.06 bits per heavy atom. The van der Waals surface area contributed by atoms with Crippen LogP contribution in [-0.4, -0.2) is 0 Å². The van der Waals surface area contributed by atoms with E-state index in [-0.39, 0.29) is 11.0 Å². The van der Waals surface area contributed by atoms with Crippen molar-refractivity contribution < 1.29 is 0 Å². The lowest BCUT2D eigenvalue weighted by atomic mass is 10.0. The van der Waals surface area contributed by atoms with Crippen LogP contribution in [0, 0.1) is 5.41 Å². The predicted molar refractivity (Wildman–Crippen MR) is 74.0 cm³/mol. The first-order valence-corrected chi connectivity index (χ1v) is 6.79. The first-order valence-electron chi connectivity index (χ1n) is 5.98. The maximum atomic E-state index is 6.45. The van der Waals surface area contributed by atoms with Crippen molar-refractivity contribution in [3.63, 3.8) is 0 Å². The van der Waals surface area contributed by atoms with Gasteiger partial charge in [0.2, 0.25) is 0 Å². The van der Waals surface area contributed by atoms with Gasteiger partial charge in [-0.2, -0.15) is 0 Å². The molecule has 1 saturated carbocycles. The Hall–Kier alpha value is -1.12. The zero-order valence-corrected chi connectivity index (χ0v) is 11.1. The summed E-state index contributed by atoms with van der Waals surface area (Å²) in [6.45, 7) is 4.49. The zero-order chi connectivity index (χ0) is 12.1. The maximum Gasteiger partial charge on any atom is 0.0562 e. The van der Waals surface area contributed by atoms with Crippen molar-refractivity contribution in [2.45, 2.75) is 25.8 Å². The SMILES string of the molecule is CC1(C)CC1(N)c1ccc(-c2ccccc2)s1. The Morgan fingerprint density at radius 3 is 2.29 bits per heavy atom. The van der Waals surface area contributed by atoms with Crippen LogP contribution in [0.4, 0.5) is 0 Å². The van der Waals surface area contributed by atoms with Gasteiger partial charge in [0.1, 0.15) is 0 Å². The summed E-state index contributed by atoms with van der Waals surface area (Å²) in [5.41, 5.74) is 7.89. The van der Waals surface area contributed by atoms with E-state index < -0.39 is 0 Å². The van der Waals surface area contributed by atoms with E-state index in [4.69, 9.17) is 5.73 Å². The second-order valence-electron chi connectivity index (χ2n) is 5.56. The normalized spacial score (nSPS) is 25.8. The van der Waals surface area contributed by atoms with Crippen molar-refractivity contribution in [1.29, 1.82) is 0 Å². The van der Waals surface area contributed by atoms with Gasteiger partial charge >= 0.3 is 0 Å². The van der Waals surface area contributed by atoms with E-state index in [2.05, 4.69) is 50.2 Å². The van der Waals surface area contributed by atoms with Crippen molar-refractivity contribution in [2.24, 2.45) is 11.1 Å². The number of nitrogens with two attached hydrogens (primary N) is 1. The fourth-order valence-corrected chi connectivity index (χ4v) is 3.70. The molecule has 88 valence electrons. The molecule has 1 unspecified atom stereocenters. The molecule has 1 aromatic heterocycles. The van der Waals surface area contributed by atoms with Crippen LogP contribution < -0.4 is 5.73 Å². The van der Waals surface area contributed by atoms with E-state index in [0.29, 0.717) is 0 Å². The highest BCUT2D eigenvalue weighted by Crippen LogP contribution is 2.61. The summed E-state index contributed by atoms with van der Waals surface area (Å²) in [6, 6.07) is 14.9. The van der Waals surface area contributed by atoms with Gasteiger partial charge in [-0.15, -0.1) is 11.3 Å². The van der Waals surface area contributed by atoms with Crippen molar-refractivity contribution in [3.05, 3.63) is 47.3 Å². The van der Waals surface area contributed by atoms with Gasteiger partial charge in [0, 0.05) is 9.75 Å². The third-order valence-electron chi connectivity index (χ3n) is 3.91. The summed E-state index contributed by atoms with van der Waals surface area (Å²) < 4.78 is 0. The van der Waals surface area contributed by atoms with Crippen molar-refractivity contribution in [3.8, 4) is 10.4 Å². The quantitative estimate of drug-likeness (QED) is 0.847. The van der Waals surface area contributed by atoms with Gasteiger partial charge in [0.25, 0.3) is 0 Å². The highest BCUT2D eigenvalue weighted by molar-refractivity contribution is 7.15.